The lowest BCUT2D eigenvalue weighted by molar-refractivity contribution is 0.0953. The standard InChI is InChI=1S/C19H23FN2O3S/c1-13-11-16(12-18(14(13)2)26(24,25)22(3)4)19(23)21-10-9-15-7-5-6-8-17(15)20/h5-8,11-12H,9-10H2,1-4H3,(H,21,23). The monoisotopic (exact) mass is 378 g/mol. The van der Waals surface area contributed by atoms with Crippen molar-refractivity contribution < 1.29 is 17.6 Å². The highest BCUT2D eigenvalue weighted by molar-refractivity contribution is 7.89. The minimum absolute atomic E-state index is 0.113. The van der Waals surface area contributed by atoms with Gasteiger partial charge in [-0.15, -0.1) is 0 Å². The van der Waals surface area contributed by atoms with Crippen LogP contribution in [0.5, 0.6) is 0 Å². The molecule has 0 bridgehead atoms. The number of nitrogens with zero attached hydrogens (tertiary/aromatic N) is 1. The first-order valence-electron chi connectivity index (χ1n) is 8.20. The van der Waals surface area contributed by atoms with E-state index in [-0.39, 0.29) is 28.7 Å². The first-order valence-corrected chi connectivity index (χ1v) is 9.64. The Morgan fingerprint density at radius 2 is 1.81 bits per heavy atom. The van der Waals surface area contributed by atoms with Gasteiger partial charge < -0.3 is 5.32 Å². The quantitative estimate of drug-likeness (QED) is 0.840. The summed E-state index contributed by atoms with van der Waals surface area (Å²) in [5.74, 6) is -0.702. The van der Waals surface area contributed by atoms with Gasteiger partial charge in [-0.25, -0.2) is 17.1 Å². The van der Waals surface area contributed by atoms with E-state index >= 15 is 0 Å². The summed E-state index contributed by atoms with van der Waals surface area (Å²) >= 11 is 0. The Hall–Kier alpha value is -2.25. The third-order valence-electron chi connectivity index (χ3n) is 4.28. The largest absolute Gasteiger partial charge is 0.352 e. The molecule has 0 saturated heterocycles. The Morgan fingerprint density at radius 1 is 1.15 bits per heavy atom. The van der Waals surface area contributed by atoms with E-state index in [0.29, 0.717) is 23.1 Å². The number of rotatable bonds is 6. The first-order chi connectivity index (χ1) is 12.1. The maximum absolute atomic E-state index is 13.6. The highest BCUT2D eigenvalue weighted by Gasteiger charge is 2.22. The average Bonchev–Trinajstić information content (AvgIpc) is 2.58. The van der Waals surface area contributed by atoms with E-state index in [0.717, 1.165) is 4.31 Å². The number of carbonyl (C=O) groups is 1. The van der Waals surface area contributed by atoms with Crippen molar-refractivity contribution in [3.8, 4) is 0 Å². The van der Waals surface area contributed by atoms with Crippen molar-refractivity contribution in [3.63, 3.8) is 0 Å². The fourth-order valence-corrected chi connectivity index (χ4v) is 3.75. The molecule has 0 aromatic heterocycles. The summed E-state index contributed by atoms with van der Waals surface area (Å²) in [6.45, 7) is 3.73. The lowest BCUT2D eigenvalue weighted by Crippen LogP contribution is -2.27. The van der Waals surface area contributed by atoms with Gasteiger partial charge in [-0.05, 0) is 55.2 Å². The molecule has 0 aliphatic rings. The van der Waals surface area contributed by atoms with Crippen LogP contribution in [0.2, 0.25) is 0 Å². The van der Waals surface area contributed by atoms with Gasteiger partial charge in [0.05, 0.1) is 4.90 Å². The summed E-state index contributed by atoms with van der Waals surface area (Å²) in [6.07, 6.45) is 0.353. The zero-order chi connectivity index (χ0) is 19.5. The van der Waals surface area contributed by atoms with Crippen molar-refractivity contribution in [2.45, 2.75) is 25.2 Å². The molecule has 0 aliphatic carbocycles. The predicted molar refractivity (Wildman–Crippen MR) is 99.2 cm³/mol. The summed E-state index contributed by atoms with van der Waals surface area (Å²) in [5.41, 5.74) is 2.11. The van der Waals surface area contributed by atoms with Gasteiger partial charge in [0, 0.05) is 26.2 Å². The number of benzene rings is 2. The fraction of sp³-hybridized carbons (Fsp3) is 0.316. The molecule has 2 rings (SSSR count). The van der Waals surface area contributed by atoms with E-state index in [1.807, 2.05) is 0 Å². The van der Waals surface area contributed by atoms with E-state index in [4.69, 9.17) is 0 Å². The minimum Gasteiger partial charge on any atom is -0.352 e. The molecule has 1 amide bonds. The van der Waals surface area contributed by atoms with Gasteiger partial charge in [0.2, 0.25) is 10.0 Å². The number of nitrogens with one attached hydrogen (secondary N) is 1. The molecular weight excluding hydrogens is 355 g/mol. The minimum atomic E-state index is -3.65. The predicted octanol–water partition coefficient (Wildman–Crippen LogP) is 2.67. The van der Waals surface area contributed by atoms with Gasteiger partial charge in [0.25, 0.3) is 5.91 Å². The van der Waals surface area contributed by atoms with Crippen LogP contribution in [0.25, 0.3) is 0 Å². The van der Waals surface area contributed by atoms with Crippen molar-refractivity contribution in [1.82, 2.24) is 9.62 Å². The van der Waals surface area contributed by atoms with E-state index in [1.54, 1.807) is 38.1 Å². The van der Waals surface area contributed by atoms with Gasteiger partial charge in [-0.1, -0.05) is 18.2 Å². The van der Waals surface area contributed by atoms with E-state index in [1.165, 1.54) is 26.2 Å². The van der Waals surface area contributed by atoms with Crippen molar-refractivity contribution in [3.05, 3.63) is 64.5 Å². The molecule has 0 aliphatic heterocycles. The molecule has 0 saturated carbocycles. The lowest BCUT2D eigenvalue weighted by atomic mass is 10.1. The summed E-state index contributed by atoms with van der Waals surface area (Å²) in [4.78, 5) is 12.5. The molecule has 140 valence electrons. The zero-order valence-corrected chi connectivity index (χ0v) is 16.2. The van der Waals surface area contributed by atoms with Crippen molar-refractivity contribution in [2.24, 2.45) is 0 Å². The number of sulfonamides is 1. The smallest absolute Gasteiger partial charge is 0.251 e. The number of halogens is 1. The number of aryl methyl sites for hydroxylation is 1. The third-order valence-corrected chi connectivity index (χ3v) is 6.22. The highest BCUT2D eigenvalue weighted by Crippen LogP contribution is 2.23. The van der Waals surface area contributed by atoms with Gasteiger partial charge >= 0.3 is 0 Å². The molecule has 7 heteroatoms. The van der Waals surface area contributed by atoms with Crippen molar-refractivity contribution >= 4 is 15.9 Å². The number of hydrogen-bond acceptors (Lipinski definition) is 3. The summed E-state index contributed by atoms with van der Waals surface area (Å²) in [7, 11) is -0.752. The Balaban J connectivity index is 2.19. The van der Waals surface area contributed by atoms with Crippen LogP contribution in [0.15, 0.2) is 41.3 Å². The first kappa shape index (κ1) is 20.1. The van der Waals surface area contributed by atoms with E-state index in [9.17, 15) is 17.6 Å². The van der Waals surface area contributed by atoms with Gasteiger partial charge in [-0.2, -0.15) is 0 Å². The van der Waals surface area contributed by atoms with Crippen LogP contribution in [0.4, 0.5) is 4.39 Å². The highest BCUT2D eigenvalue weighted by atomic mass is 32.2. The van der Waals surface area contributed by atoms with Crippen LogP contribution in [-0.2, 0) is 16.4 Å². The fourth-order valence-electron chi connectivity index (χ4n) is 2.54. The molecule has 2 aromatic rings. The second kappa shape index (κ2) is 7.97. The Kier molecular flexibility index (Phi) is 6.15. The van der Waals surface area contributed by atoms with Crippen LogP contribution in [-0.4, -0.2) is 39.3 Å². The molecule has 0 fully saturated rings. The molecule has 0 atom stereocenters. The van der Waals surface area contributed by atoms with Crippen LogP contribution in [0, 0.1) is 19.7 Å². The molecule has 0 radical (unpaired) electrons. The summed E-state index contributed by atoms with van der Waals surface area (Å²) < 4.78 is 39.7. The maximum atomic E-state index is 13.6. The second-order valence-electron chi connectivity index (χ2n) is 6.30. The van der Waals surface area contributed by atoms with Gasteiger partial charge in [0.1, 0.15) is 5.82 Å². The number of amides is 1. The van der Waals surface area contributed by atoms with Crippen molar-refractivity contribution in [2.75, 3.05) is 20.6 Å². The SMILES string of the molecule is Cc1cc(C(=O)NCCc2ccccc2F)cc(S(=O)(=O)N(C)C)c1C. The van der Waals surface area contributed by atoms with Crippen molar-refractivity contribution in [1.29, 1.82) is 0 Å². The van der Waals surface area contributed by atoms with E-state index in [2.05, 4.69) is 5.32 Å². The van der Waals surface area contributed by atoms with E-state index < -0.39 is 10.0 Å². The molecule has 1 N–H and O–H groups in total. The van der Waals surface area contributed by atoms with Gasteiger partial charge in [0.15, 0.2) is 0 Å². The third kappa shape index (κ3) is 4.28. The maximum Gasteiger partial charge on any atom is 0.251 e. The summed E-state index contributed by atoms with van der Waals surface area (Å²) in [6, 6.07) is 9.43. The normalized spacial score (nSPS) is 11.6. The Bertz CT molecular complexity index is 924. The number of carbonyl (C=O) groups excluding carboxylic acids is 1. The second-order valence-corrected chi connectivity index (χ2v) is 8.42. The molecule has 2 aromatic carbocycles. The summed E-state index contributed by atoms with van der Waals surface area (Å²) in [5, 5.41) is 2.72. The molecule has 0 heterocycles. The van der Waals surface area contributed by atoms with Crippen LogP contribution >= 0.6 is 0 Å². The number of hydrogen-bond donors (Lipinski definition) is 1. The van der Waals surface area contributed by atoms with Crippen LogP contribution < -0.4 is 5.32 Å². The molecule has 26 heavy (non-hydrogen) atoms. The molecular formula is C19H23FN2O3S. The molecule has 0 unspecified atom stereocenters. The molecule has 0 spiro atoms. The van der Waals surface area contributed by atoms with Crippen LogP contribution in [0.1, 0.15) is 27.0 Å². The molecule has 5 nitrogen and oxygen atoms in total. The Morgan fingerprint density at radius 3 is 2.42 bits per heavy atom. The Labute approximate surface area is 153 Å². The van der Waals surface area contributed by atoms with Gasteiger partial charge in [-0.3, -0.25) is 4.79 Å². The van der Waals surface area contributed by atoms with Crippen LogP contribution in [0.3, 0.4) is 0 Å². The lowest BCUT2D eigenvalue weighted by Gasteiger charge is -2.16. The topological polar surface area (TPSA) is 66.5 Å². The zero-order valence-electron chi connectivity index (χ0n) is 15.3. The average molecular weight is 378 g/mol.